The molecule has 1 heterocycles. The van der Waals surface area contributed by atoms with E-state index in [9.17, 15) is 14.4 Å². The number of aromatic nitrogens is 1. The average Bonchev–Trinajstić information content (AvgIpc) is 2.52. The number of nitrogens with one attached hydrogen (secondary N) is 2. The lowest BCUT2D eigenvalue weighted by atomic mass is 9.47. The van der Waals surface area contributed by atoms with Crippen LogP contribution >= 0.6 is 0 Å². The van der Waals surface area contributed by atoms with Crippen molar-refractivity contribution >= 4 is 11.9 Å². The first kappa shape index (κ1) is 15.4. The van der Waals surface area contributed by atoms with Gasteiger partial charge >= 0.3 is 5.97 Å². The number of rotatable bonds is 3. The molecule has 2 unspecified atom stereocenters. The number of carbonyl (C=O) groups is 2. The Morgan fingerprint density at radius 2 is 1.96 bits per heavy atom. The largest absolute Gasteiger partial charge is 0.469 e. The van der Waals surface area contributed by atoms with Crippen LogP contribution in [0.15, 0.2) is 23.1 Å². The fraction of sp³-hybridized carbons (Fsp3) is 0.611. The maximum absolute atomic E-state index is 12.6. The van der Waals surface area contributed by atoms with Gasteiger partial charge in [-0.15, -0.1) is 0 Å². The number of methoxy groups -OCH3 is 1. The Morgan fingerprint density at radius 3 is 2.58 bits per heavy atom. The Hall–Kier alpha value is -2.11. The fourth-order valence-corrected chi connectivity index (χ4v) is 5.77. The van der Waals surface area contributed by atoms with Crippen LogP contribution in [0.4, 0.5) is 0 Å². The first-order chi connectivity index (χ1) is 11.5. The average molecular weight is 330 g/mol. The number of amides is 1. The van der Waals surface area contributed by atoms with Gasteiger partial charge in [0, 0.05) is 11.7 Å². The topological polar surface area (TPSA) is 88.3 Å². The van der Waals surface area contributed by atoms with Gasteiger partial charge in [-0.3, -0.25) is 14.4 Å². The zero-order chi connectivity index (χ0) is 16.9. The van der Waals surface area contributed by atoms with Crippen molar-refractivity contribution in [3.63, 3.8) is 0 Å². The molecule has 4 aliphatic rings. The smallest absolute Gasteiger partial charge is 0.311 e. The summed E-state index contributed by atoms with van der Waals surface area (Å²) in [4.78, 5) is 39.5. The SMILES string of the molecule is COC(=O)C12C[C@@H]3C[C@@H](CC(NC(=O)c4ccc[nH]c4=O)(C3)C1)C2. The Kier molecular flexibility index (Phi) is 3.34. The van der Waals surface area contributed by atoms with Gasteiger partial charge in [-0.2, -0.15) is 0 Å². The number of aromatic amines is 1. The van der Waals surface area contributed by atoms with Gasteiger partial charge in [0.15, 0.2) is 0 Å². The van der Waals surface area contributed by atoms with E-state index in [1.807, 2.05) is 0 Å². The van der Waals surface area contributed by atoms with Gasteiger partial charge < -0.3 is 15.0 Å². The van der Waals surface area contributed by atoms with Crippen molar-refractivity contribution in [3.05, 3.63) is 34.2 Å². The molecule has 4 bridgehead atoms. The Bertz CT molecular complexity index is 739. The van der Waals surface area contributed by atoms with Crippen molar-refractivity contribution in [2.24, 2.45) is 17.3 Å². The minimum atomic E-state index is -0.463. The molecule has 6 nitrogen and oxygen atoms in total. The maximum atomic E-state index is 12.6. The highest BCUT2D eigenvalue weighted by molar-refractivity contribution is 5.94. The van der Waals surface area contributed by atoms with Crippen molar-refractivity contribution in [1.29, 1.82) is 0 Å². The number of ether oxygens (including phenoxy) is 1. The number of carbonyl (C=O) groups excluding carboxylic acids is 2. The van der Waals surface area contributed by atoms with Gasteiger partial charge in [0.05, 0.1) is 12.5 Å². The van der Waals surface area contributed by atoms with E-state index < -0.39 is 11.0 Å². The van der Waals surface area contributed by atoms with Crippen molar-refractivity contribution in [2.45, 2.75) is 44.1 Å². The quantitative estimate of drug-likeness (QED) is 0.824. The van der Waals surface area contributed by atoms with Crippen LogP contribution in [-0.4, -0.2) is 29.5 Å². The standard InChI is InChI=1S/C18H22N2O4/c1-24-16(23)17-6-11-5-12(7-17)9-18(8-11,10-17)20-15(22)13-3-2-4-19-14(13)21/h2-4,11-12H,5-10H2,1H3,(H,19,21)(H,20,22)/t11-,12+,17?,18?. The second-order valence-electron chi connectivity index (χ2n) is 7.88. The predicted octanol–water partition coefficient (Wildman–Crippen LogP) is 1.62. The maximum Gasteiger partial charge on any atom is 0.311 e. The third kappa shape index (κ3) is 2.27. The van der Waals surface area contributed by atoms with E-state index in [2.05, 4.69) is 10.3 Å². The summed E-state index contributed by atoms with van der Waals surface area (Å²) < 4.78 is 5.08. The number of esters is 1. The van der Waals surface area contributed by atoms with E-state index in [1.54, 1.807) is 6.07 Å². The van der Waals surface area contributed by atoms with Crippen LogP contribution in [0.1, 0.15) is 48.9 Å². The summed E-state index contributed by atoms with van der Waals surface area (Å²) in [6.07, 6.45) is 6.76. The number of H-pyrrole nitrogens is 1. The van der Waals surface area contributed by atoms with Crippen molar-refractivity contribution in [1.82, 2.24) is 10.3 Å². The molecule has 4 atom stereocenters. The molecular formula is C18H22N2O4. The summed E-state index contributed by atoms with van der Waals surface area (Å²) in [5, 5.41) is 3.12. The molecule has 4 fully saturated rings. The minimum Gasteiger partial charge on any atom is -0.469 e. The molecule has 0 radical (unpaired) electrons. The third-order valence-electron chi connectivity index (χ3n) is 6.12. The zero-order valence-corrected chi connectivity index (χ0v) is 13.8. The van der Waals surface area contributed by atoms with Gasteiger partial charge in [-0.05, 0) is 62.5 Å². The highest BCUT2D eigenvalue weighted by Gasteiger charge is 2.61. The van der Waals surface area contributed by atoms with Crippen molar-refractivity contribution in [2.75, 3.05) is 7.11 Å². The normalized spacial score (nSPS) is 36.4. The van der Waals surface area contributed by atoms with Crippen molar-refractivity contribution < 1.29 is 14.3 Å². The monoisotopic (exact) mass is 330 g/mol. The van der Waals surface area contributed by atoms with Crippen LogP contribution in [0.25, 0.3) is 0 Å². The molecule has 4 aliphatic carbocycles. The molecule has 1 amide bonds. The summed E-state index contributed by atoms with van der Waals surface area (Å²) in [6.45, 7) is 0. The van der Waals surface area contributed by atoms with Crippen LogP contribution in [0.5, 0.6) is 0 Å². The van der Waals surface area contributed by atoms with E-state index in [4.69, 9.17) is 4.74 Å². The number of pyridine rings is 1. The lowest BCUT2D eigenvalue weighted by Gasteiger charge is -2.60. The van der Waals surface area contributed by atoms with E-state index in [-0.39, 0.29) is 23.0 Å². The predicted molar refractivity (Wildman–Crippen MR) is 86.4 cm³/mol. The van der Waals surface area contributed by atoms with Crippen LogP contribution < -0.4 is 10.9 Å². The van der Waals surface area contributed by atoms with E-state index >= 15 is 0 Å². The zero-order valence-electron chi connectivity index (χ0n) is 13.8. The second-order valence-corrected chi connectivity index (χ2v) is 7.88. The molecule has 0 aromatic carbocycles. The molecule has 1 aromatic rings. The van der Waals surface area contributed by atoms with Gasteiger partial charge in [0.1, 0.15) is 5.56 Å². The second kappa shape index (κ2) is 5.19. The third-order valence-corrected chi connectivity index (χ3v) is 6.12. The van der Waals surface area contributed by atoms with E-state index in [0.717, 1.165) is 32.1 Å². The molecule has 4 saturated carbocycles. The van der Waals surface area contributed by atoms with E-state index in [1.165, 1.54) is 19.4 Å². The van der Waals surface area contributed by atoms with E-state index in [0.29, 0.717) is 18.3 Å². The highest BCUT2D eigenvalue weighted by atomic mass is 16.5. The molecule has 0 aliphatic heterocycles. The van der Waals surface area contributed by atoms with Gasteiger partial charge in [0.2, 0.25) is 0 Å². The lowest BCUT2D eigenvalue weighted by molar-refractivity contribution is -0.171. The Balaban J connectivity index is 1.63. The van der Waals surface area contributed by atoms with Crippen LogP contribution in [0.3, 0.4) is 0 Å². The lowest BCUT2D eigenvalue weighted by Crippen LogP contribution is -2.65. The Labute approximate surface area is 140 Å². The number of hydrogen-bond acceptors (Lipinski definition) is 4. The number of hydrogen-bond donors (Lipinski definition) is 2. The molecule has 128 valence electrons. The molecule has 5 rings (SSSR count). The van der Waals surface area contributed by atoms with Crippen LogP contribution in [0, 0.1) is 17.3 Å². The summed E-state index contributed by atoms with van der Waals surface area (Å²) in [5.74, 6) is 0.394. The molecule has 2 N–H and O–H groups in total. The molecule has 6 heteroatoms. The molecular weight excluding hydrogens is 308 g/mol. The van der Waals surface area contributed by atoms with Crippen molar-refractivity contribution in [3.8, 4) is 0 Å². The summed E-state index contributed by atoms with van der Waals surface area (Å²) >= 11 is 0. The Morgan fingerprint density at radius 1 is 1.25 bits per heavy atom. The van der Waals surface area contributed by atoms with Crippen LogP contribution in [-0.2, 0) is 9.53 Å². The summed E-state index contributed by atoms with van der Waals surface area (Å²) in [6, 6.07) is 3.18. The molecule has 0 spiro atoms. The molecule has 0 saturated heterocycles. The highest BCUT2D eigenvalue weighted by Crippen LogP contribution is 2.62. The first-order valence-electron chi connectivity index (χ1n) is 8.54. The fourth-order valence-electron chi connectivity index (χ4n) is 5.77. The minimum absolute atomic E-state index is 0.125. The summed E-state index contributed by atoms with van der Waals surface area (Å²) in [7, 11) is 1.44. The van der Waals surface area contributed by atoms with Gasteiger partial charge in [-0.25, -0.2) is 0 Å². The van der Waals surface area contributed by atoms with Gasteiger partial charge in [-0.1, -0.05) is 0 Å². The first-order valence-corrected chi connectivity index (χ1v) is 8.54. The summed E-state index contributed by atoms with van der Waals surface area (Å²) in [5.41, 5.74) is -1.12. The molecule has 1 aromatic heterocycles. The molecule has 24 heavy (non-hydrogen) atoms. The van der Waals surface area contributed by atoms with Gasteiger partial charge in [0.25, 0.3) is 11.5 Å². The van der Waals surface area contributed by atoms with Crippen LogP contribution in [0.2, 0.25) is 0 Å².